The number of hydrogen-bond acceptors (Lipinski definition) is 4. The summed E-state index contributed by atoms with van der Waals surface area (Å²) in [6, 6.07) is 8.25. The van der Waals surface area contributed by atoms with Gasteiger partial charge in [0.1, 0.15) is 11.6 Å². The van der Waals surface area contributed by atoms with E-state index in [2.05, 4.69) is 46.2 Å². The molecule has 0 atom stereocenters. The first-order valence-electron chi connectivity index (χ1n) is 7.13. The predicted molar refractivity (Wildman–Crippen MR) is 86.4 cm³/mol. The molecule has 0 aliphatic rings. The zero-order chi connectivity index (χ0) is 14.8. The van der Waals surface area contributed by atoms with Gasteiger partial charge in [0.2, 0.25) is 0 Å². The molecular formula is C17H18N4. The Hall–Kier alpha value is -2.49. The van der Waals surface area contributed by atoms with Crippen molar-refractivity contribution < 1.29 is 0 Å². The van der Waals surface area contributed by atoms with Crippen LogP contribution in [0.15, 0.2) is 36.7 Å². The highest BCUT2D eigenvalue weighted by atomic mass is 15.0. The van der Waals surface area contributed by atoms with Crippen molar-refractivity contribution in [1.29, 1.82) is 0 Å². The molecule has 3 aromatic rings. The van der Waals surface area contributed by atoms with E-state index in [-0.39, 0.29) is 0 Å². The first kappa shape index (κ1) is 13.5. The van der Waals surface area contributed by atoms with Gasteiger partial charge in [0.15, 0.2) is 0 Å². The van der Waals surface area contributed by atoms with E-state index in [4.69, 9.17) is 0 Å². The molecule has 0 bridgehead atoms. The smallest absolute Gasteiger partial charge is 0.133 e. The molecule has 0 radical (unpaired) electrons. The highest BCUT2D eigenvalue weighted by Crippen LogP contribution is 2.31. The molecule has 0 aliphatic heterocycles. The van der Waals surface area contributed by atoms with Crippen molar-refractivity contribution in [2.24, 2.45) is 0 Å². The van der Waals surface area contributed by atoms with Crippen molar-refractivity contribution in [2.75, 3.05) is 11.9 Å². The molecule has 2 heterocycles. The van der Waals surface area contributed by atoms with Crippen LogP contribution in [0.2, 0.25) is 0 Å². The van der Waals surface area contributed by atoms with Crippen molar-refractivity contribution >= 4 is 16.6 Å². The van der Waals surface area contributed by atoms with E-state index in [0.717, 1.165) is 45.8 Å². The van der Waals surface area contributed by atoms with Crippen LogP contribution in [0, 0.1) is 13.8 Å². The van der Waals surface area contributed by atoms with E-state index in [1.807, 2.05) is 31.5 Å². The fraction of sp³-hybridized carbons (Fsp3) is 0.235. The van der Waals surface area contributed by atoms with E-state index < -0.39 is 0 Å². The van der Waals surface area contributed by atoms with Crippen molar-refractivity contribution in [3.05, 3.63) is 48.0 Å². The maximum Gasteiger partial charge on any atom is 0.133 e. The van der Waals surface area contributed by atoms with Gasteiger partial charge in [0.05, 0.1) is 5.69 Å². The molecule has 21 heavy (non-hydrogen) atoms. The zero-order valence-electron chi connectivity index (χ0n) is 12.5. The van der Waals surface area contributed by atoms with Crippen LogP contribution in [0.3, 0.4) is 0 Å². The molecule has 0 saturated heterocycles. The Balaban J connectivity index is 2.28. The van der Waals surface area contributed by atoms with Gasteiger partial charge in [0.25, 0.3) is 0 Å². The fourth-order valence-corrected chi connectivity index (χ4v) is 2.56. The minimum Gasteiger partial charge on any atom is -0.370 e. The molecule has 3 rings (SSSR count). The largest absolute Gasteiger partial charge is 0.370 e. The summed E-state index contributed by atoms with van der Waals surface area (Å²) in [5.74, 6) is 1.68. The predicted octanol–water partition coefficient (Wildman–Crippen LogP) is 3.74. The number of nitrogens with zero attached hydrogens (tertiary/aromatic N) is 3. The van der Waals surface area contributed by atoms with Crippen LogP contribution in [0.5, 0.6) is 0 Å². The first-order chi connectivity index (χ1) is 10.2. The Morgan fingerprint density at radius 1 is 1.10 bits per heavy atom. The van der Waals surface area contributed by atoms with E-state index in [0.29, 0.717) is 0 Å². The number of fused-ring (bicyclic) bond motifs is 1. The SMILES string of the molecule is CCNc1nc(C)nc(-c2cccc3cnccc23)c1C. The summed E-state index contributed by atoms with van der Waals surface area (Å²) < 4.78 is 0. The summed E-state index contributed by atoms with van der Waals surface area (Å²) in [6.07, 6.45) is 3.70. The molecule has 2 aromatic heterocycles. The highest BCUT2D eigenvalue weighted by Gasteiger charge is 2.12. The second-order valence-electron chi connectivity index (χ2n) is 5.03. The first-order valence-corrected chi connectivity index (χ1v) is 7.13. The number of hydrogen-bond donors (Lipinski definition) is 1. The van der Waals surface area contributed by atoms with Gasteiger partial charge in [-0.2, -0.15) is 0 Å². The number of aromatic nitrogens is 3. The van der Waals surface area contributed by atoms with Gasteiger partial charge in [-0.3, -0.25) is 4.98 Å². The van der Waals surface area contributed by atoms with Crippen LogP contribution in [-0.4, -0.2) is 21.5 Å². The van der Waals surface area contributed by atoms with Gasteiger partial charge in [0, 0.05) is 35.5 Å². The lowest BCUT2D eigenvalue weighted by Gasteiger charge is -2.13. The van der Waals surface area contributed by atoms with Crippen molar-refractivity contribution in [3.8, 4) is 11.3 Å². The lowest BCUT2D eigenvalue weighted by molar-refractivity contribution is 1.02. The second kappa shape index (κ2) is 5.48. The second-order valence-corrected chi connectivity index (χ2v) is 5.03. The average Bonchev–Trinajstić information content (AvgIpc) is 2.50. The standard InChI is InChI=1S/C17H18N4/c1-4-19-17-11(2)16(20-12(3)21-17)15-7-5-6-13-10-18-9-8-14(13)15/h5-10H,4H2,1-3H3,(H,19,20,21). The molecular weight excluding hydrogens is 260 g/mol. The Morgan fingerprint density at radius 3 is 2.76 bits per heavy atom. The topological polar surface area (TPSA) is 50.7 Å². The summed E-state index contributed by atoms with van der Waals surface area (Å²) in [6.45, 7) is 6.90. The lowest BCUT2D eigenvalue weighted by Crippen LogP contribution is -2.06. The van der Waals surface area contributed by atoms with Crippen LogP contribution in [0.25, 0.3) is 22.0 Å². The molecule has 0 aliphatic carbocycles. The summed E-state index contributed by atoms with van der Waals surface area (Å²) in [7, 11) is 0. The van der Waals surface area contributed by atoms with Crippen LogP contribution >= 0.6 is 0 Å². The van der Waals surface area contributed by atoms with Gasteiger partial charge in [-0.25, -0.2) is 9.97 Å². The number of nitrogens with one attached hydrogen (secondary N) is 1. The van der Waals surface area contributed by atoms with Gasteiger partial charge >= 0.3 is 0 Å². The molecule has 4 heteroatoms. The summed E-state index contributed by atoms with van der Waals surface area (Å²) in [5.41, 5.74) is 3.18. The van der Waals surface area contributed by atoms with E-state index in [1.165, 1.54) is 0 Å². The van der Waals surface area contributed by atoms with E-state index >= 15 is 0 Å². The van der Waals surface area contributed by atoms with Crippen LogP contribution in [-0.2, 0) is 0 Å². The Bertz CT molecular complexity index is 791. The van der Waals surface area contributed by atoms with Crippen LogP contribution in [0.4, 0.5) is 5.82 Å². The number of aryl methyl sites for hydroxylation is 1. The van der Waals surface area contributed by atoms with Gasteiger partial charge < -0.3 is 5.32 Å². The lowest BCUT2D eigenvalue weighted by atomic mass is 10.0. The highest BCUT2D eigenvalue weighted by molar-refractivity contribution is 5.96. The molecule has 1 N–H and O–H groups in total. The Labute approximate surface area is 124 Å². The summed E-state index contributed by atoms with van der Waals surface area (Å²) in [5, 5.41) is 5.60. The molecule has 4 nitrogen and oxygen atoms in total. The van der Waals surface area contributed by atoms with Gasteiger partial charge in [-0.05, 0) is 32.2 Å². The molecule has 0 fully saturated rings. The zero-order valence-corrected chi connectivity index (χ0v) is 12.5. The number of rotatable bonds is 3. The van der Waals surface area contributed by atoms with Crippen molar-refractivity contribution in [3.63, 3.8) is 0 Å². The molecule has 0 spiro atoms. The summed E-state index contributed by atoms with van der Waals surface area (Å²) in [4.78, 5) is 13.3. The monoisotopic (exact) mass is 278 g/mol. The average molecular weight is 278 g/mol. The molecule has 0 saturated carbocycles. The maximum absolute atomic E-state index is 4.66. The maximum atomic E-state index is 4.66. The third-order valence-electron chi connectivity index (χ3n) is 3.54. The van der Waals surface area contributed by atoms with Crippen LogP contribution in [0.1, 0.15) is 18.3 Å². The van der Waals surface area contributed by atoms with Crippen molar-refractivity contribution in [1.82, 2.24) is 15.0 Å². The normalized spacial score (nSPS) is 10.8. The minimum absolute atomic E-state index is 0.776. The molecule has 0 unspecified atom stereocenters. The van der Waals surface area contributed by atoms with Gasteiger partial charge in [-0.1, -0.05) is 18.2 Å². The van der Waals surface area contributed by atoms with Crippen LogP contribution < -0.4 is 5.32 Å². The third kappa shape index (κ3) is 2.44. The number of anilines is 1. The molecule has 0 amide bonds. The number of benzene rings is 1. The van der Waals surface area contributed by atoms with E-state index in [9.17, 15) is 0 Å². The third-order valence-corrected chi connectivity index (χ3v) is 3.54. The Kier molecular flexibility index (Phi) is 3.52. The number of pyridine rings is 1. The minimum atomic E-state index is 0.776. The van der Waals surface area contributed by atoms with Gasteiger partial charge in [-0.15, -0.1) is 0 Å². The summed E-state index contributed by atoms with van der Waals surface area (Å²) >= 11 is 0. The quantitative estimate of drug-likeness (QED) is 0.793. The molecule has 1 aromatic carbocycles. The fourth-order valence-electron chi connectivity index (χ4n) is 2.56. The van der Waals surface area contributed by atoms with E-state index in [1.54, 1.807) is 0 Å². The van der Waals surface area contributed by atoms with Crippen molar-refractivity contribution in [2.45, 2.75) is 20.8 Å². The Morgan fingerprint density at radius 2 is 1.95 bits per heavy atom. The molecule has 106 valence electrons.